The van der Waals surface area contributed by atoms with E-state index < -0.39 is 0 Å². The number of amides is 1. The quantitative estimate of drug-likeness (QED) is 0.886. The number of hydrogen-bond acceptors (Lipinski definition) is 3. The van der Waals surface area contributed by atoms with Gasteiger partial charge in [0.25, 0.3) is 0 Å². The zero-order valence-corrected chi connectivity index (χ0v) is 14.3. The Kier molecular flexibility index (Phi) is 5.41. The monoisotopic (exact) mass is 330 g/mol. The number of benzene rings is 1. The highest BCUT2D eigenvalue weighted by Crippen LogP contribution is 2.29. The SMILES string of the molecule is CCOc1cccc2[nH]cc(CC(=O)N3CCC[C@@H](CO)CC3)c12. The number of nitrogens with one attached hydrogen (secondary N) is 1. The van der Waals surface area contributed by atoms with Crippen LogP contribution in [0.4, 0.5) is 0 Å². The molecule has 0 bridgehead atoms. The van der Waals surface area contributed by atoms with Crippen molar-refractivity contribution >= 4 is 16.8 Å². The van der Waals surface area contributed by atoms with Crippen LogP contribution in [0.1, 0.15) is 31.7 Å². The van der Waals surface area contributed by atoms with E-state index in [9.17, 15) is 9.90 Å². The first-order chi connectivity index (χ1) is 11.7. The summed E-state index contributed by atoms with van der Waals surface area (Å²) in [6.45, 7) is 4.32. The molecular formula is C19H26N2O3. The first kappa shape index (κ1) is 16.8. The van der Waals surface area contributed by atoms with E-state index in [0.29, 0.717) is 18.9 Å². The molecule has 130 valence electrons. The number of hydrogen-bond donors (Lipinski definition) is 2. The Morgan fingerprint density at radius 3 is 3.04 bits per heavy atom. The highest BCUT2D eigenvalue weighted by molar-refractivity contribution is 5.93. The predicted molar refractivity (Wildman–Crippen MR) is 94.2 cm³/mol. The lowest BCUT2D eigenvalue weighted by Crippen LogP contribution is -2.33. The van der Waals surface area contributed by atoms with Gasteiger partial charge in [-0.25, -0.2) is 0 Å². The summed E-state index contributed by atoms with van der Waals surface area (Å²) in [4.78, 5) is 17.9. The van der Waals surface area contributed by atoms with Crippen molar-refractivity contribution in [2.24, 2.45) is 5.92 Å². The minimum absolute atomic E-state index is 0.154. The molecule has 1 fully saturated rings. The molecule has 1 aliphatic rings. The van der Waals surface area contributed by atoms with Crippen molar-refractivity contribution < 1.29 is 14.6 Å². The molecule has 3 rings (SSSR count). The van der Waals surface area contributed by atoms with Crippen LogP contribution in [0.3, 0.4) is 0 Å². The summed E-state index contributed by atoms with van der Waals surface area (Å²) in [5.74, 6) is 1.32. The lowest BCUT2D eigenvalue weighted by Gasteiger charge is -2.20. The number of fused-ring (bicyclic) bond motifs is 1. The number of likely N-dealkylation sites (tertiary alicyclic amines) is 1. The third-order valence-corrected chi connectivity index (χ3v) is 4.85. The summed E-state index contributed by atoms with van der Waals surface area (Å²) in [6.07, 6.45) is 5.16. The number of aliphatic hydroxyl groups excluding tert-OH is 1. The van der Waals surface area contributed by atoms with Gasteiger partial charge >= 0.3 is 0 Å². The number of ether oxygens (including phenoxy) is 1. The summed E-state index contributed by atoms with van der Waals surface area (Å²) >= 11 is 0. The largest absolute Gasteiger partial charge is 0.493 e. The van der Waals surface area contributed by atoms with E-state index in [1.807, 2.05) is 36.2 Å². The lowest BCUT2D eigenvalue weighted by atomic mass is 10.0. The second kappa shape index (κ2) is 7.71. The van der Waals surface area contributed by atoms with Gasteiger partial charge < -0.3 is 19.7 Å². The minimum Gasteiger partial charge on any atom is -0.493 e. The summed E-state index contributed by atoms with van der Waals surface area (Å²) in [5.41, 5.74) is 1.99. The predicted octanol–water partition coefficient (Wildman–Crippen LogP) is 2.73. The van der Waals surface area contributed by atoms with Crippen LogP contribution in [0, 0.1) is 5.92 Å². The van der Waals surface area contributed by atoms with E-state index in [-0.39, 0.29) is 12.5 Å². The Labute approximate surface area is 142 Å². The second-order valence-electron chi connectivity index (χ2n) is 6.46. The first-order valence-electron chi connectivity index (χ1n) is 8.83. The molecule has 1 amide bonds. The zero-order valence-electron chi connectivity index (χ0n) is 14.3. The molecule has 5 heteroatoms. The summed E-state index contributed by atoms with van der Waals surface area (Å²) in [7, 11) is 0. The molecule has 24 heavy (non-hydrogen) atoms. The van der Waals surface area contributed by atoms with E-state index in [2.05, 4.69) is 4.98 Å². The second-order valence-corrected chi connectivity index (χ2v) is 6.46. The van der Waals surface area contributed by atoms with Gasteiger partial charge in [0.15, 0.2) is 0 Å². The average molecular weight is 330 g/mol. The Balaban J connectivity index is 1.76. The van der Waals surface area contributed by atoms with Gasteiger partial charge in [-0.15, -0.1) is 0 Å². The van der Waals surface area contributed by atoms with Gasteiger partial charge in [0.2, 0.25) is 5.91 Å². The molecule has 2 aromatic rings. The molecule has 2 N–H and O–H groups in total. The molecule has 0 spiro atoms. The number of rotatable bonds is 5. The van der Waals surface area contributed by atoms with Gasteiger partial charge in [-0.05, 0) is 49.8 Å². The Morgan fingerprint density at radius 1 is 1.38 bits per heavy atom. The van der Waals surface area contributed by atoms with Crippen LogP contribution in [0.25, 0.3) is 10.9 Å². The van der Waals surface area contributed by atoms with Crippen LogP contribution in [-0.4, -0.2) is 47.2 Å². The molecule has 0 saturated carbocycles. The Morgan fingerprint density at radius 2 is 2.25 bits per heavy atom. The van der Waals surface area contributed by atoms with Crippen molar-refractivity contribution in [2.45, 2.75) is 32.6 Å². The van der Waals surface area contributed by atoms with Gasteiger partial charge in [0, 0.05) is 36.8 Å². The molecule has 1 aliphatic heterocycles. The molecule has 1 saturated heterocycles. The van der Waals surface area contributed by atoms with E-state index in [1.54, 1.807) is 0 Å². The van der Waals surface area contributed by atoms with Crippen molar-refractivity contribution in [3.63, 3.8) is 0 Å². The topological polar surface area (TPSA) is 65.6 Å². The van der Waals surface area contributed by atoms with Crippen molar-refractivity contribution in [1.82, 2.24) is 9.88 Å². The highest BCUT2D eigenvalue weighted by Gasteiger charge is 2.21. The number of carbonyl (C=O) groups excluding carboxylic acids is 1. The average Bonchev–Trinajstić information content (AvgIpc) is 2.85. The van der Waals surface area contributed by atoms with Crippen molar-refractivity contribution in [3.8, 4) is 5.75 Å². The van der Waals surface area contributed by atoms with E-state index >= 15 is 0 Å². The van der Waals surface area contributed by atoms with Crippen molar-refractivity contribution in [2.75, 3.05) is 26.3 Å². The van der Waals surface area contributed by atoms with Crippen LogP contribution in [0.2, 0.25) is 0 Å². The zero-order chi connectivity index (χ0) is 16.9. The summed E-state index contributed by atoms with van der Waals surface area (Å²) < 4.78 is 5.72. The number of nitrogens with zero attached hydrogens (tertiary/aromatic N) is 1. The van der Waals surface area contributed by atoms with Gasteiger partial charge in [-0.1, -0.05) is 6.07 Å². The third kappa shape index (κ3) is 3.56. The molecule has 1 aromatic carbocycles. The fourth-order valence-electron chi connectivity index (χ4n) is 3.51. The normalized spacial score (nSPS) is 18.6. The fraction of sp³-hybridized carbons (Fsp3) is 0.526. The number of aromatic nitrogens is 1. The summed E-state index contributed by atoms with van der Waals surface area (Å²) in [5, 5.41) is 10.3. The lowest BCUT2D eigenvalue weighted by molar-refractivity contribution is -0.130. The molecular weight excluding hydrogens is 304 g/mol. The molecule has 1 aromatic heterocycles. The highest BCUT2D eigenvalue weighted by atomic mass is 16.5. The summed E-state index contributed by atoms with van der Waals surface area (Å²) in [6, 6.07) is 5.91. The maximum atomic E-state index is 12.7. The van der Waals surface area contributed by atoms with Crippen LogP contribution in [-0.2, 0) is 11.2 Å². The van der Waals surface area contributed by atoms with Gasteiger partial charge in [-0.2, -0.15) is 0 Å². The fourth-order valence-corrected chi connectivity index (χ4v) is 3.51. The van der Waals surface area contributed by atoms with Gasteiger partial charge in [0.05, 0.1) is 13.0 Å². The van der Waals surface area contributed by atoms with Gasteiger partial charge in [0.1, 0.15) is 5.75 Å². The third-order valence-electron chi connectivity index (χ3n) is 4.85. The number of H-pyrrole nitrogens is 1. The Hall–Kier alpha value is -2.01. The molecule has 0 unspecified atom stereocenters. The maximum absolute atomic E-state index is 12.7. The standard InChI is InChI=1S/C19H26N2O3/c1-2-24-17-7-3-6-16-19(17)15(12-20-16)11-18(23)21-9-4-5-14(13-22)8-10-21/h3,6-7,12,14,20,22H,2,4-5,8-11,13H2,1H3/t14-/m1/s1. The number of aromatic amines is 1. The van der Waals surface area contributed by atoms with E-state index in [4.69, 9.17) is 4.74 Å². The maximum Gasteiger partial charge on any atom is 0.227 e. The van der Waals surface area contributed by atoms with E-state index in [1.165, 1.54) is 0 Å². The van der Waals surface area contributed by atoms with Crippen molar-refractivity contribution in [1.29, 1.82) is 0 Å². The minimum atomic E-state index is 0.154. The number of carbonyl (C=O) groups is 1. The molecule has 1 atom stereocenters. The Bertz CT molecular complexity index is 695. The number of aliphatic hydroxyl groups is 1. The van der Waals surface area contributed by atoms with Crippen LogP contribution < -0.4 is 4.74 Å². The molecule has 0 radical (unpaired) electrons. The van der Waals surface area contributed by atoms with Gasteiger partial charge in [-0.3, -0.25) is 4.79 Å². The molecule has 5 nitrogen and oxygen atoms in total. The first-order valence-corrected chi connectivity index (χ1v) is 8.83. The van der Waals surface area contributed by atoms with Crippen molar-refractivity contribution in [3.05, 3.63) is 30.0 Å². The molecule has 2 heterocycles. The smallest absolute Gasteiger partial charge is 0.227 e. The van der Waals surface area contributed by atoms with Crippen LogP contribution in [0.15, 0.2) is 24.4 Å². The van der Waals surface area contributed by atoms with Crippen LogP contribution in [0.5, 0.6) is 5.75 Å². The molecule has 0 aliphatic carbocycles. The van der Waals surface area contributed by atoms with E-state index in [0.717, 1.165) is 54.6 Å². The van der Waals surface area contributed by atoms with Crippen LogP contribution >= 0.6 is 0 Å².